The van der Waals surface area contributed by atoms with Gasteiger partial charge in [0.25, 0.3) is 0 Å². The van der Waals surface area contributed by atoms with Gasteiger partial charge in [0, 0.05) is 36.9 Å². The van der Waals surface area contributed by atoms with Gasteiger partial charge < -0.3 is 9.80 Å². The van der Waals surface area contributed by atoms with Crippen LogP contribution in [0.15, 0.2) is 54.0 Å². The molecule has 0 unspecified atom stereocenters. The second-order valence-electron chi connectivity index (χ2n) is 11.4. The molecule has 1 aromatic carbocycles. The van der Waals surface area contributed by atoms with Gasteiger partial charge in [0.1, 0.15) is 17.7 Å². The Morgan fingerprint density at radius 1 is 1.14 bits per heavy atom. The summed E-state index contributed by atoms with van der Waals surface area (Å²) >= 11 is 0. The number of carbonyl (C=O) groups is 1. The highest BCUT2D eigenvalue weighted by Crippen LogP contribution is 2.35. The summed E-state index contributed by atoms with van der Waals surface area (Å²) < 4.78 is 16.9. The van der Waals surface area contributed by atoms with Crippen molar-refractivity contribution in [1.82, 2.24) is 24.4 Å². The SMILES string of the molecule is C=CC(=O)N1C[C@@H](C)N(c2nc(=O)n(-c3c(C)ccnc3C(C)C)c3nc(-c4cccc(C)c4F)c(C#N)cc23)[C@@H](C)C1. The van der Waals surface area contributed by atoms with Gasteiger partial charge in [-0.15, -0.1) is 0 Å². The van der Waals surface area contributed by atoms with Gasteiger partial charge >= 0.3 is 5.69 Å². The van der Waals surface area contributed by atoms with E-state index in [0.29, 0.717) is 41.2 Å². The molecular formula is C33H34FN7O2. The van der Waals surface area contributed by atoms with Crippen LogP contribution in [0.3, 0.4) is 0 Å². The van der Waals surface area contributed by atoms with E-state index in [1.807, 2.05) is 45.6 Å². The van der Waals surface area contributed by atoms with Gasteiger partial charge in [-0.1, -0.05) is 32.6 Å². The maximum Gasteiger partial charge on any atom is 0.355 e. The van der Waals surface area contributed by atoms with Crippen LogP contribution in [0.2, 0.25) is 0 Å². The van der Waals surface area contributed by atoms with E-state index in [4.69, 9.17) is 4.98 Å². The van der Waals surface area contributed by atoms with Gasteiger partial charge in [-0.25, -0.2) is 18.7 Å². The van der Waals surface area contributed by atoms with Crippen molar-refractivity contribution in [3.63, 3.8) is 0 Å². The van der Waals surface area contributed by atoms with Crippen LogP contribution in [0.1, 0.15) is 56.0 Å². The molecule has 5 rings (SSSR count). The first-order valence-electron chi connectivity index (χ1n) is 14.3. The molecule has 0 saturated carbocycles. The summed E-state index contributed by atoms with van der Waals surface area (Å²) in [6, 6.07) is 10.2. The number of rotatable bonds is 5. The minimum absolute atomic E-state index is 0.0286. The highest BCUT2D eigenvalue weighted by atomic mass is 19.1. The summed E-state index contributed by atoms with van der Waals surface area (Å²) in [7, 11) is 0. The van der Waals surface area contributed by atoms with Crippen LogP contribution in [-0.4, -0.2) is 55.5 Å². The predicted molar refractivity (Wildman–Crippen MR) is 165 cm³/mol. The fourth-order valence-electron chi connectivity index (χ4n) is 5.98. The Balaban J connectivity index is 1.88. The van der Waals surface area contributed by atoms with E-state index in [-0.39, 0.29) is 46.4 Å². The summed E-state index contributed by atoms with van der Waals surface area (Å²) in [6.07, 6.45) is 2.99. The monoisotopic (exact) mass is 579 g/mol. The van der Waals surface area contributed by atoms with Crippen LogP contribution >= 0.6 is 0 Å². The Bertz CT molecular complexity index is 1860. The summed E-state index contributed by atoms with van der Waals surface area (Å²) in [5, 5.41) is 10.7. The lowest BCUT2D eigenvalue weighted by atomic mass is 10.0. The molecule has 0 radical (unpaired) electrons. The molecule has 1 fully saturated rings. The Kier molecular flexibility index (Phi) is 7.84. The number of halogens is 1. The van der Waals surface area contributed by atoms with Gasteiger partial charge in [0.15, 0.2) is 5.65 Å². The maximum atomic E-state index is 15.5. The van der Waals surface area contributed by atoms with E-state index >= 15 is 4.39 Å². The minimum atomic E-state index is -0.572. The van der Waals surface area contributed by atoms with Crippen LogP contribution in [0, 0.1) is 31.0 Å². The third-order valence-electron chi connectivity index (χ3n) is 7.99. The molecule has 220 valence electrons. The molecule has 43 heavy (non-hydrogen) atoms. The number of nitrogens with zero attached hydrogens (tertiary/aromatic N) is 7. The Morgan fingerprint density at radius 2 is 1.84 bits per heavy atom. The van der Waals surface area contributed by atoms with Crippen molar-refractivity contribution in [2.45, 2.75) is 59.5 Å². The molecule has 0 spiro atoms. The van der Waals surface area contributed by atoms with Crippen LogP contribution in [0.25, 0.3) is 28.0 Å². The summed E-state index contributed by atoms with van der Waals surface area (Å²) in [5.74, 6) is -0.327. The van der Waals surface area contributed by atoms with Crippen molar-refractivity contribution in [1.29, 1.82) is 5.26 Å². The van der Waals surface area contributed by atoms with E-state index in [0.717, 1.165) is 5.56 Å². The molecule has 1 saturated heterocycles. The van der Waals surface area contributed by atoms with Crippen molar-refractivity contribution in [2.24, 2.45) is 0 Å². The van der Waals surface area contributed by atoms with E-state index < -0.39 is 11.5 Å². The van der Waals surface area contributed by atoms with Crippen LogP contribution in [0.5, 0.6) is 0 Å². The van der Waals surface area contributed by atoms with E-state index in [2.05, 4.69) is 22.6 Å². The van der Waals surface area contributed by atoms with Crippen LogP contribution in [-0.2, 0) is 4.79 Å². The topological polar surface area (TPSA) is 108 Å². The number of benzene rings is 1. The maximum absolute atomic E-state index is 15.5. The lowest BCUT2D eigenvalue weighted by molar-refractivity contribution is -0.127. The molecule has 4 heterocycles. The predicted octanol–water partition coefficient (Wildman–Crippen LogP) is 5.21. The minimum Gasteiger partial charge on any atom is -0.347 e. The zero-order chi connectivity index (χ0) is 31.2. The average Bonchev–Trinajstić information content (AvgIpc) is 2.97. The molecule has 9 nitrogen and oxygen atoms in total. The molecule has 1 amide bonds. The molecule has 4 aromatic rings. The summed E-state index contributed by atoms with van der Waals surface area (Å²) in [6.45, 7) is 15.8. The number of aromatic nitrogens is 4. The second kappa shape index (κ2) is 11.4. The highest BCUT2D eigenvalue weighted by molar-refractivity contribution is 5.93. The normalized spacial score (nSPS) is 16.9. The van der Waals surface area contributed by atoms with Crippen molar-refractivity contribution < 1.29 is 9.18 Å². The molecule has 0 bridgehead atoms. The zero-order valence-corrected chi connectivity index (χ0v) is 25.2. The third-order valence-corrected chi connectivity index (χ3v) is 7.99. The number of anilines is 1. The zero-order valence-electron chi connectivity index (χ0n) is 25.2. The quantitative estimate of drug-likeness (QED) is 0.299. The lowest BCUT2D eigenvalue weighted by Crippen LogP contribution is -2.58. The molecule has 2 atom stereocenters. The highest BCUT2D eigenvalue weighted by Gasteiger charge is 2.34. The van der Waals surface area contributed by atoms with Crippen molar-refractivity contribution in [3.8, 4) is 23.0 Å². The number of hydrogen-bond donors (Lipinski definition) is 0. The number of fused-ring (bicyclic) bond motifs is 1. The number of nitriles is 1. The fourth-order valence-corrected chi connectivity index (χ4v) is 5.98. The first kappa shape index (κ1) is 29.6. The van der Waals surface area contributed by atoms with E-state index in [9.17, 15) is 14.9 Å². The number of amides is 1. The Hall–Kier alpha value is -4.91. The number of pyridine rings is 2. The Morgan fingerprint density at radius 3 is 2.47 bits per heavy atom. The molecule has 10 heteroatoms. The number of piperazine rings is 1. The van der Waals surface area contributed by atoms with Crippen molar-refractivity contribution in [2.75, 3.05) is 18.0 Å². The van der Waals surface area contributed by atoms with Gasteiger partial charge in [-0.05, 0) is 69.0 Å². The largest absolute Gasteiger partial charge is 0.355 e. The third kappa shape index (κ3) is 5.05. The summed E-state index contributed by atoms with van der Waals surface area (Å²) in [5.41, 5.74) is 2.58. The van der Waals surface area contributed by atoms with Crippen molar-refractivity contribution >= 4 is 22.8 Å². The first-order chi connectivity index (χ1) is 20.5. The van der Waals surface area contributed by atoms with Crippen molar-refractivity contribution in [3.05, 3.63) is 87.9 Å². The molecule has 1 aliphatic heterocycles. The van der Waals surface area contributed by atoms with Gasteiger partial charge in [0.2, 0.25) is 5.91 Å². The van der Waals surface area contributed by atoms with Gasteiger partial charge in [0.05, 0.1) is 28.0 Å². The average molecular weight is 580 g/mol. The standard InChI is InChI=1S/C33H34FN7O2/c1-8-26(42)39-16-21(6)40(22(7)17-39)32-25-14-23(15-35)29(24-11-9-10-19(4)27(24)34)37-31(25)41(33(43)38-32)30-20(5)12-13-36-28(30)18(2)3/h8-14,18,21-22H,1,16-17H2,2-7H3/t21-,22+. The molecule has 1 aliphatic rings. The molecule has 3 aromatic heterocycles. The molecular weight excluding hydrogens is 545 g/mol. The van der Waals surface area contributed by atoms with Gasteiger partial charge in [-0.2, -0.15) is 10.2 Å². The Labute approximate surface area is 249 Å². The van der Waals surface area contributed by atoms with Crippen LogP contribution in [0.4, 0.5) is 10.2 Å². The molecule has 0 N–H and O–H groups in total. The van der Waals surface area contributed by atoms with E-state index in [1.54, 1.807) is 42.3 Å². The smallest absolute Gasteiger partial charge is 0.347 e. The first-order valence-corrected chi connectivity index (χ1v) is 14.3. The fraction of sp³-hybridized carbons (Fsp3) is 0.333. The number of aryl methyl sites for hydroxylation is 2. The number of carbonyl (C=O) groups excluding carboxylic acids is 1. The molecule has 0 aliphatic carbocycles. The van der Waals surface area contributed by atoms with Crippen LogP contribution < -0.4 is 10.6 Å². The second-order valence-corrected chi connectivity index (χ2v) is 11.4. The summed E-state index contributed by atoms with van der Waals surface area (Å²) in [4.78, 5) is 44.3. The van der Waals surface area contributed by atoms with Gasteiger partial charge in [-0.3, -0.25) is 9.78 Å². The lowest BCUT2D eigenvalue weighted by Gasteiger charge is -2.45. The number of hydrogen-bond acceptors (Lipinski definition) is 7. The van der Waals surface area contributed by atoms with E-state index in [1.165, 1.54) is 10.6 Å².